The smallest absolute Gasteiger partial charge is 0.194 e. The molecule has 0 amide bonds. The van der Waals surface area contributed by atoms with E-state index >= 15 is 0 Å². The first-order chi connectivity index (χ1) is 12.7. The number of nitrogens with one attached hydrogen (secondary N) is 1. The molecule has 0 bridgehead atoms. The second kappa shape index (κ2) is 6.96. The van der Waals surface area contributed by atoms with Crippen molar-refractivity contribution in [2.45, 2.75) is 33.4 Å². The highest BCUT2D eigenvalue weighted by atomic mass is 16.5. The van der Waals surface area contributed by atoms with E-state index in [-0.39, 0.29) is 5.43 Å². The molecule has 26 heavy (non-hydrogen) atoms. The summed E-state index contributed by atoms with van der Waals surface area (Å²) in [5.74, 6) is 0.743. The van der Waals surface area contributed by atoms with Crippen molar-refractivity contribution in [1.29, 1.82) is 0 Å². The molecule has 0 radical (unpaired) electrons. The molecule has 134 valence electrons. The Morgan fingerprint density at radius 2 is 1.96 bits per heavy atom. The van der Waals surface area contributed by atoms with Gasteiger partial charge in [0.05, 0.1) is 6.61 Å². The second-order valence-corrected chi connectivity index (χ2v) is 6.93. The topological polar surface area (TPSA) is 45.3 Å². The standard InChI is InChI=1S/C22H24N2O2/c1-3-26-18-8-9-21-19(12-18)22(25)20(15(2)23-21)14-24-11-10-16-6-4-5-7-17(16)13-24/h4-9,12H,3,10-11,13-14H2,1-2H3,(H,23,25). The van der Waals surface area contributed by atoms with Crippen LogP contribution in [0.25, 0.3) is 10.9 Å². The van der Waals surface area contributed by atoms with Gasteiger partial charge < -0.3 is 9.72 Å². The van der Waals surface area contributed by atoms with Gasteiger partial charge in [0.1, 0.15) is 5.75 Å². The zero-order valence-corrected chi connectivity index (χ0v) is 15.3. The molecule has 1 N–H and O–H groups in total. The maximum Gasteiger partial charge on any atom is 0.194 e. The van der Waals surface area contributed by atoms with Crippen molar-refractivity contribution >= 4 is 10.9 Å². The molecule has 0 saturated carbocycles. The SMILES string of the molecule is CCOc1ccc2[nH]c(C)c(CN3CCc4ccccc4C3)c(=O)c2c1. The first-order valence-corrected chi connectivity index (χ1v) is 9.23. The molecule has 0 saturated heterocycles. The number of hydrogen-bond acceptors (Lipinski definition) is 3. The minimum absolute atomic E-state index is 0.108. The van der Waals surface area contributed by atoms with E-state index in [9.17, 15) is 4.79 Å². The van der Waals surface area contributed by atoms with Crippen molar-refractivity contribution in [3.05, 3.63) is 75.1 Å². The van der Waals surface area contributed by atoms with Crippen molar-refractivity contribution < 1.29 is 4.74 Å². The predicted molar refractivity (Wildman–Crippen MR) is 105 cm³/mol. The Morgan fingerprint density at radius 3 is 2.77 bits per heavy atom. The van der Waals surface area contributed by atoms with Crippen LogP contribution in [0.15, 0.2) is 47.3 Å². The van der Waals surface area contributed by atoms with Gasteiger partial charge in [0.25, 0.3) is 0 Å². The van der Waals surface area contributed by atoms with Crippen LogP contribution in [0.2, 0.25) is 0 Å². The van der Waals surface area contributed by atoms with E-state index in [2.05, 4.69) is 34.1 Å². The third-order valence-electron chi connectivity index (χ3n) is 5.19. The molecule has 2 aromatic carbocycles. The van der Waals surface area contributed by atoms with Gasteiger partial charge in [0.2, 0.25) is 0 Å². The van der Waals surface area contributed by atoms with Crippen molar-refractivity contribution in [3.8, 4) is 5.75 Å². The van der Waals surface area contributed by atoms with E-state index in [1.807, 2.05) is 32.0 Å². The van der Waals surface area contributed by atoms with Gasteiger partial charge >= 0.3 is 0 Å². The summed E-state index contributed by atoms with van der Waals surface area (Å²) < 4.78 is 5.56. The number of aryl methyl sites for hydroxylation is 1. The molecular weight excluding hydrogens is 324 g/mol. The zero-order chi connectivity index (χ0) is 18.1. The number of H-pyrrole nitrogens is 1. The highest BCUT2D eigenvalue weighted by Crippen LogP contribution is 2.22. The van der Waals surface area contributed by atoms with Crippen LogP contribution in [0.3, 0.4) is 0 Å². The Bertz CT molecular complexity index is 1010. The summed E-state index contributed by atoms with van der Waals surface area (Å²) in [6, 6.07) is 14.3. The van der Waals surface area contributed by atoms with E-state index in [0.29, 0.717) is 18.5 Å². The number of aromatic amines is 1. The van der Waals surface area contributed by atoms with Crippen LogP contribution in [-0.4, -0.2) is 23.0 Å². The van der Waals surface area contributed by atoms with Gasteiger partial charge in [-0.05, 0) is 49.6 Å². The molecule has 0 spiro atoms. The van der Waals surface area contributed by atoms with Crippen LogP contribution in [0, 0.1) is 6.92 Å². The lowest BCUT2D eigenvalue weighted by Crippen LogP contribution is -2.32. The van der Waals surface area contributed by atoms with Crippen LogP contribution >= 0.6 is 0 Å². The normalized spacial score (nSPS) is 14.4. The molecule has 0 atom stereocenters. The van der Waals surface area contributed by atoms with Gasteiger partial charge in [-0.25, -0.2) is 0 Å². The Morgan fingerprint density at radius 1 is 1.15 bits per heavy atom. The van der Waals surface area contributed by atoms with Crippen molar-refractivity contribution in [3.63, 3.8) is 0 Å². The maximum atomic E-state index is 13.1. The summed E-state index contributed by atoms with van der Waals surface area (Å²) in [5, 5.41) is 0.703. The molecule has 1 aliphatic heterocycles. The number of rotatable bonds is 4. The molecule has 4 rings (SSSR count). The largest absolute Gasteiger partial charge is 0.494 e. The van der Waals surface area contributed by atoms with Crippen LogP contribution in [0.5, 0.6) is 5.75 Å². The fraction of sp³-hybridized carbons (Fsp3) is 0.318. The van der Waals surface area contributed by atoms with Gasteiger partial charge in [-0.1, -0.05) is 24.3 Å². The highest BCUT2D eigenvalue weighted by molar-refractivity contribution is 5.81. The lowest BCUT2D eigenvalue weighted by atomic mass is 9.99. The van der Waals surface area contributed by atoms with Gasteiger partial charge in [-0.15, -0.1) is 0 Å². The molecule has 0 unspecified atom stereocenters. The molecule has 0 aliphatic carbocycles. The minimum Gasteiger partial charge on any atom is -0.494 e. The average molecular weight is 348 g/mol. The van der Waals surface area contributed by atoms with E-state index in [0.717, 1.165) is 42.0 Å². The van der Waals surface area contributed by atoms with Gasteiger partial charge in [-0.2, -0.15) is 0 Å². The Hall–Kier alpha value is -2.59. The third kappa shape index (κ3) is 3.13. The minimum atomic E-state index is 0.108. The lowest BCUT2D eigenvalue weighted by Gasteiger charge is -2.29. The van der Waals surface area contributed by atoms with E-state index in [4.69, 9.17) is 4.74 Å². The van der Waals surface area contributed by atoms with Crippen LogP contribution in [-0.2, 0) is 19.5 Å². The summed E-state index contributed by atoms with van der Waals surface area (Å²) >= 11 is 0. The first kappa shape index (κ1) is 16.9. The molecule has 1 aromatic heterocycles. The summed E-state index contributed by atoms with van der Waals surface area (Å²) in [5.41, 5.74) is 5.57. The Balaban J connectivity index is 1.67. The van der Waals surface area contributed by atoms with Gasteiger partial charge in [0.15, 0.2) is 5.43 Å². The van der Waals surface area contributed by atoms with Crippen LogP contribution in [0.4, 0.5) is 0 Å². The van der Waals surface area contributed by atoms with Crippen molar-refractivity contribution in [2.24, 2.45) is 0 Å². The van der Waals surface area contributed by atoms with E-state index < -0.39 is 0 Å². The quantitative estimate of drug-likeness (QED) is 0.780. The van der Waals surface area contributed by atoms with Crippen LogP contribution in [0.1, 0.15) is 29.3 Å². The lowest BCUT2D eigenvalue weighted by molar-refractivity contribution is 0.244. The van der Waals surface area contributed by atoms with E-state index in [1.54, 1.807) is 0 Å². The van der Waals surface area contributed by atoms with Crippen molar-refractivity contribution in [2.75, 3.05) is 13.2 Å². The molecule has 2 heterocycles. The molecule has 1 aliphatic rings. The highest BCUT2D eigenvalue weighted by Gasteiger charge is 2.19. The van der Waals surface area contributed by atoms with Crippen molar-refractivity contribution in [1.82, 2.24) is 9.88 Å². The Labute approximate surface area is 153 Å². The van der Waals surface area contributed by atoms with Gasteiger partial charge in [-0.3, -0.25) is 9.69 Å². The fourth-order valence-electron chi connectivity index (χ4n) is 3.79. The number of hydrogen-bond donors (Lipinski definition) is 1. The Kier molecular flexibility index (Phi) is 4.51. The summed E-state index contributed by atoms with van der Waals surface area (Å²) in [7, 11) is 0. The number of ether oxygens (including phenoxy) is 1. The molecule has 0 fully saturated rings. The summed E-state index contributed by atoms with van der Waals surface area (Å²) in [6.45, 7) is 7.08. The summed E-state index contributed by atoms with van der Waals surface area (Å²) in [4.78, 5) is 18.9. The number of fused-ring (bicyclic) bond motifs is 2. The van der Waals surface area contributed by atoms with E-state index in [1.165, 1.54) is 11.1 Å². The number of nitrogens with zero attached hydrogens (tertiary/aromatic N) is 1. The second-order valence-electron chi connectivity index (χ2n) is 6.93. The molecular formula is C22H24N2O2. The van der Waals surface area contributed by atoms with Crippen LogP contribution < -0.4 is 10.2 Å². The zero-order valence-electron chi connectivity index (χ0n) is 15.3. The molecule has 4 nitrogen and oxygen atoms in total. The molecule has 4 heteroatoms. The number of benzene rings is 2. The first-order valence-electron chi connectivity index (χ1n) is 9.23. The third-order valence-corrected chi connectivity index (χ3v) is 5.19. The predicted octanol–water partition coefficient (Wildman–Crippen LogP) is 3.79. The molecule has 3 aromatic rings. The average Bonchev–Trinajstić information content (AvgIpc) is 2.66. The number of aromatic nitrogens is 1. The fourth-order valence-corrected chi connectivity index (χ4v) is 3.79. The summed E-state index contributed by atoms with van der Waals surface area (Å²) in [6.07, 6.45) is 1.04. The van der Waals surface area contributed by atoms with Gasteiger partial charge in [0, 0.05) is 41.8 Å². The monoisotopic (exact) mass is 348 g/mol. The maximum absolute atomic E-state index is 13.1. The number of pyridine rings is 1.